The van der Waals surface area contributed by atoms with Crippen LogP contribution in [0.5, 0.6) is 0 Å². The molecule has 5 heteroatoms. The Hall–Kier alpha value is -5.52. The van der Waals surface area contributed by atoms with Crippen LogP contribution in [0, 0.1) is 0 Å². The molecular weight excluding hydrogens is 981 g/mol. The van der Waals surface area contributed by atoms with E-state index < -0.39 is 6.10 Å². The topological polar surface area (TPSA) is 72.8 Å². The molecule has 0 aromatic rings. The van der Waals surface area contributed by atoms with Gasteiger partial charge in [-0.25, -0.2) is 0 Å². The Morgan fingerprint density at radius 2 is 0.500 bits per heavy atom. The Bertz CT molecular complexity index is 1910. The van der Waals surface area contributed by atoms with Gasteiger partial charge in [0.25, 0.3) is 0 Å². The first-order chi connectivity index (χ1) is 39.6. The molecule has 0 radical (unpaired) electrons. The van der Waals surface area contributed by atoms with Crippen LogP contribution in [0.25, 0.3) is 0 Å². The molecule has 0 amide bonds. The van der Waals surface area contributed by atoms with E-state index in [0.717, 1.165) is 148 Å². The van der Waals surface area contributed by atoms with Gasteiger partial charge in [-0.3, -0.25) is 9.59 Å². The van der Waals surface area contributed by atoms with Gasteiger partial charge in [0.15, 0.2) is 6.10 Å². The maximum absolute atomic E-state index is 12.3. The number of hydrogen-bond donors (Lipinski definition) is 1. The minimum Gasteiger partial charge on any atom is -0.462 e. The largest absolute Gasteiger partial charge is 0.462 e. The van der Waals surface area contributed by atoms with Crippen LogP contribution >= 0.6 is 0 Å². The van der Waals surface area contributed by atoms with Gasteiger partial charge in [0, 0.05) is 12.8 Å². The van der Waals surface area contributed by atoms with Crippen LogP contribution in [0.1, 0.15) is 232 Å². The Morgan fingerprint density at radius 3 is 0.775 bits per heavy atom. The second-order valence-corrected chi connectivity index (χ2v) is 20.0. The normalized spacial score (nSPS) is 13.7. The molecule has 0 heterocycles. The lowest BCUT2D eigenvalue weighted by Gasteiger charge is -2.15. The first kappa shape index (κ1) is 74.5. The highest BCUT2D eigenvalue weighted by molar-refractivity contribution is 5.70. The number of aliphatic hydroxyl groups excluding tert-OH is 1. The van der Waals surface area contributed by atoms with Crippen LogP contribution < -0.4 is 0 Å². The zero-order valence-electron chi connectivity index (χ0n) is 50.7. The number of rotatable bonds is 55. The lowest BCUT2D eigenvalue weighted by Crippen LogP contribution is -2.28. The molecule has 0 spiro atoms. The van der Waals surface area contributed by atoms with Crippen LogP contribution in [0.15, 0.2) is 207 Å². The third-order valence-corrected chi connectivity index (χ3v) is 12.6. The van der Waals surface area contributed by atoms with Crippen LogP contribution in [-0.4, -0.2) is 36.4 Å². The molecule has 444 valence electrons. The average molecular weight is 1100 g/mol. The van der Waals surface area contributed by atoms with E-state index in [0.29, 0.717) is 12.8 Å². The van der Waals surface area contributed by atoms with Gasteiger partial charge in [-0.2, -0.15) is 0 Å². The molecule has 0 aliphatic carbocycles. The summed E-state index contributed by atoms with van der Waals surface area (Å²) in [6.07, 6.45) is 110. The molecule has 0 aliphatic rings. The molecule has 0 fully saturated rings. The highest BCUT2D eigenvalue weighted by Crippen LogP contribution is 2.14. The van der Waals surface area contributed by atoms with Crippen molar-refractivity contribution >= 4 is 11.9 Å². The van der Waals surface area contributed by atoms with E-state index in [1.807, 2.05) is 0 Å². The summed E-state index contributed by atoms with van der Waals surface area (Å²) in [6.45, 7) is 3.86. The van der Waals surface area contributed by atoms with Crippen LogP contribution in [-0.2, 0) is 19.1 Å². The van der Waals surface area contributed by atoms with Gasteiger partial charge in [-0.15, -0.1) is 0 Å². The minimum atomic E-state index is -0.810. The van der Waals surface area contributed by atoms with Crippen molar-refractivity contribution < 1.29 is 24.2 Å². The predicted octanol–water partition coefficient (Wildman–Crippen LogP) is 22.2. The van der Waals surface area contributed by atoms with E-state index in [1.54, 1.807) is 0 Å². The van der Waals surface area contributed by atoms with E-state index in [1.165, 1.54) is 57.8 Å². The quantitative estimate of drug-likeness (QED) is 0.0373. The predicted molar refractivity (Wildman–Crippen MR) is 352 cm³/mol. The first-order valence-electron chi connectivity index (χ1n) is 31.6. The Morgan fingerprint density at radius 1 is 0.287 bits per heavy atom. The number of esters is 2. The van der Waals surface area contributed by atoms with Crippen LogP contribution in [0.2, 0.25) is 0 Å². The minimum absolute atomic E-state index is 0.104. The lowest BCUT2D eigenvalue weighted by molar-refractivity contribution is -0.161. The van der Waals surface area contributed by atoms with Gasteiger partial charge in [0.2, 0.25) is 0 Å². The third kappa shape index (κ3) is 65.0. The van der Waals surface area contributed by atoms with E-state index in [9.17, 15) is 14.7 Å². The highest BCUT2D eigenvalue weighted by atomic mass is 16.6. The van der Waals surface area contributed by atoms with Crippen molar-refractivity contribution in [1.29, 1.82) is 0 Å². The number of carbonyl (C=O) groups is 2. The second-order valence-electron chi connectivity index (χ2n) is 20.0. The molecule has 5 nitrogen and oxygen atoms in total. The number of carbonyl (C=O) groups excluding carboxylic acids is 2. The van der Waals surface area contributed by atoms with Gasteiger partial charge in [-0.1, -0.05) is 278 Å². The fourth-order valence-electron chi connectivity index (χ4n) is 7.92. The number of unbranched alkanes of at least 4 members (excludes halogenated alkanes) is 13. The molecule has 1 atom stereocenters. The smallest absolute Gasteiger partial charge is 0.306 e. The highest BCUT2D eigenvalue weighted by Gasteiger charge is 2.16. The summed E-state index contributed by atoms with van der Waals surface area (Å²) < 4.78 is 10.7. The van der Waals surface area contributed by atoms with E-state index >= 15 is 0 Å². The molecule has 0 aliphatic heterocycles. The molecular formula is C75H114O5. The molecule has 0 aromatic heterocycles. The number of aliphatic hydroxyl groups is 1. The van der Waals surface area contributed by atoms with Crippen molar-refractivity contribution in [2.75, 3.05) is 13.2 Å². The van der Waals surface area contributed by atoms with Gasteiger partial charge >= 0.3 is 11.9 Å². The van der Waals surface area contributed by atoms with E-state index in [2.05, 4.69) is 220 Å². The molecule has 0 rings (SSSR count). The van der Waals surface area contributed by atoms with Crippen molar-refractivity contribution in [3.8, 4) is 0 Å². The summed E-state index contributed by atoms with van der Waals surface area (Å²) in [5.41, 5.74) is 0. The number of ether oxygens (including phenoxy) is 2. The number of allylic oxidation sites excluding steroid dienone is 34. The van der Waals surface area contributed by atoms with Crippen molar-refractivity contribution in [1.82, 2.24) is 0 Å². The summed E-state index contributed by atoms with van der Waals surface area (Å²) in [7, 11) is 0. The first-order valence-corrected chi connectivity index (χ1v) is 31.6. The van der Waals surface area contributed by atoms with Crippen LogP contribution in [0.4, 0.5) is 0 Å². The average Bonchev–Trinajstić information content (AvgIpc) is 3.46. The van der Waals surface area contributed by atoms with Gasteiger partial charge in [0.05, 0.1) is 6.61 Å². The second kappa shape index (κ2) is 67.8. The standard InChI is InChI=1S/C75H114O5/c1-3-5-7-9-11-13-15-17-19-21-23-25-27-29-31-32-33-34-35-36-37-38-39-40-41-42-44-46-48-50-52-54-56-58-60-62-64-66-68-70-75(78)80-73(71-76)72-79-74(77)69-67-65-63-61-59-57-55-53-51-49-47-45-43-30-28-26-24-22-20-18-16-14-12-10-8-6-4-2/h5-8,11-14,17-20,23-26,29-31,33-34,36-37,39-40,42-44,47,49,53,55,59,61,73,76H,3-4,9-10,15-16,21-22,27-28,32,35,38,41,45-46,48,50-52,54,56-58,60,62-72H2,1-2H3/b7-5-,8-6-,13-11-,14-12-,19-17-,20-18-,25-23-,26-24-,31-29-,34-33-,37-36-,40-39-,43-30-,44-42-,49-47-,55-53-,61-59-. The number of hydrogen-bond acceptors (Lipinski definition) is 5. The molecule has 0 saturated heterocycles. The summed E-state index contributed by atoms with van der Waals surface area (Å²) >= 11 is 0. The maximum atomic E-state index is 12.3. The Labute approximate surface area is 491 Å². The fourth-order valence-corrected chi connectivity index (χ4v) is 7.92. The monoisotopic (exact) mass is 1090 g/mol. The van der Waals surface area contributed by atoms with Crippen molar-refractivity contribution in [2.24, 2.45) is 0 Å². The third-order valence-electron chi connectivity index (χ3n) is 12.6. The molecule has 0 aromatic carbocycles. The van der Waals surface area contributed by atoms with E-state index in [-0.39, 0.29) is 25.2 Å². The van der Waals surface area contributed by atoms with E-state index in [4.69, 9.17) is 9.47 Å². The molecule has 1 unspecified atom stereocenters. The Kier molecular flexibility index (Phi) is 63.1. The zero-order chi connectivity index (χ0) is 57.6. The SMILES string of the molecule is CC/C=C\C/C=C\C/C=C\C/C=C\C/C=C\C/C=C\C/C=C\C/C=C\C/C=C\CCCCCCCCCCCCCC(=O)OC(CO)COC(=O)CCCC/C=C\C/C=C\C/C=C\C/C=C\C/C=C\C/C=C\C/C=C\C/C=C\CC. The summed E-state index contributed by atoms with van der Waals surface area (Å²) in [4.78, 5) is 24.6. The zero-order valence-corrected chi connectivity index (χ0v) is 50.7. The fraction of sp³-hybridized carbons (Fsp3) is 0.520. The van der Waals surface area contributed by atoms with Gasteiger partial charge in [0.1, 0.15) is 6.61 Å². The van der Waals surface area contributed by atoms with Crippen molar-refractivity contribution in [3.05, 3.63) is 207 Å². The molecule has 0 bridgehead atoms. The summed E-state index contributed by atoms with van der Waals surface area (Å²) in [5.74, 6) is -0.660. The Balaban J connectivity index is 3.65. The van der Waals surface area contributed by atoms with Crippen molar-refractivity contribution in [3.63, 3.8) is 0 Å². The van der Waals surface area contributed by atoms with Gasteiger partial charge in [-0.05, 0) is 148 Å². The van der Waals surface area contributed by atoms with Gasteiger partial charge < -0.3 is 14.6 Å². The van der Waals surface area contributed by atoms with Crippen LogP contribution in [0.3, 0.4) is 0 Å². The molecule has 0 saturated carbocycles. The summed E-state index contributed by atoms with van der Waals surface area (Å²) in [5, 5.41) is 9.67. The molecule has 80 heavy (non-hydrogen) atoms. The lowest BCUT2D eigenvalue weighted by atomic mass is 10.0. The van der Waals surface area contributed by atoms with Crippen molar-refractivity contribution in [2.45, 2.75) is 238 Å². The maximum Gasteiger partial charge on any atom is 0.306 e. The summed E-state index contributed by atoms with van der Waals surface area (Å²) in [6, 6.07) is 0. The molecule has 1 N–H and O–H groups in total.